The first-order chi connectivity index (χ1) is 13.0. The van der Waals surface area contributed by atoms with Crippen molar-refractivity contribution in [1.29, 1.82) is 0 Å². The molecule has 0 unspecified atom stereocenters. The van der Waals surface area contributed by atoms with Crippen LogP contribution in [0, 0.1) is 0 Å². The van der Waals surface area contributed by atoms with Crippen molar-refractivity contribution >= 4 is 23.6 Å². The third-order valence-corrected chi connectivity index (χ3v) is 5.53. The summed E-state index contributed by atoms with van der Waals surface area (Å²) < 4.78 is 5.76. The van der Waals surface area contributed by atoms with Gasteiger partial charge in [0.2, 0.25) is 0 Å². The number of benzene rings is 2. The molecule has 2 aromatic rings. The number of halogens is 1. The molecule has 0 radical (unpaired) electrons. The normalized spacial score (nSPS) is 18.6. The Labute approximate surface area is 163 Å². The van der Waals surface area contributed by atoms with E-state index in [1.807, 2.05) is 35.2 Å². The average molecular weight is 385 g/mol. The zero-order valence-electron chi connectivity index (χ0n) is 14.9. The number of ether oxygens (including phenoxy) is 1. The Hall–Kier alpha value is -2.53. The Morgan fingerprint density at radius 2 is 1.81 bits per heavy atom. The molecule has 0 bridgehead atoms. The van der Waals surface area contributed by atoms with Crippen LogP contribution in [0.5, 0.6) is 0 Å². The molecule has 0 aromatic heterocycles. The molecule has 2 aliphatic rings. The molecule has 27 heavy (non-hydrogen) atoms. The van der Waals surface area contributed by atoms with Gasteiger partial charge in [-0.1, -0.05) is 48.0 Å². The van der Waals surface area contributed by atoms with Crippen LogP contribution in [0.2, 0.25) is 5.02 Å². The van der Waals surface area contributed by atoms with Crippen LogP contribution in [0.15, 0.2) is 54.6 Å². The number of amides is 2. The largest absolute Gasteiger partial charge is 0.441 e. The summed E-state index contributed by atoms with van der Waals surface area (Å²) in [6, 6.07) is 16.9. The Kier molecular flexibility index (Phi) is 4.79. The first-order valence-corrected chi connectivity index (χ1v) is 9.49. The van der Waals surface area contributed by atoms with Gasteiger partial charge in [-0.3, -0.25) is 9.69 Å². The lowest BCUT2D eigenvalue weighted by Gasteiger charge is -2.37. The van der Waals surface area contributed by atoms with Crippen LogP contribution in [0.3, 0.4) is 0 Å². The molecular weight excluding hydrogens is 364 g/mol. The Balaban J connectivity index is 1.38. The number of piperidine rings is 1. The van der Waals surface area contributed by atoms with Gasteiger partial charge in [-0.05, 0) is 23.8 Å². The quantitative estimate of drug-likeness (QED) is 0.804. The second-order valence-electron chi connectivity index (χ2n) is 7.20. The van der Waals surface area contributed by atoms with Gasteiger partial charge in [0, 0.05) is 43.1 Å². The van der Waals surface area contributed by atoms with Crippen LogP contribution in [-0.4, -0.2) is 47.0 Å². The molecule has 0 atom stereocenters. The molecule has 1 spiro atoms. The van der Waals surface area contributed by atoms with Gasteiger partial charge in [0.05, 0.1) is 6.54 Å². The number of hydrogen-bond donors (Lipinski definition) is 0. The standard InChI is InChI=1S/C21H21ClN2O3/c22-18-8-4-7-17(13-18)19(25)23-11-9-21(10-12-23)15-24(20(26)27-21)14-16-5-2-1-3-6-16/h1-8,13H,9-12,14-15H2. The zero-order chi connectivity index (χ0) is 18.9. The first-order valence-electron chi connectivity index (χ1n) is 9.11. The maximum absolute atomic E-state index is 12.7. The molecule has 0 aliphatic carbocycles. The number of carbonyl (C=O) groups is 2. The summed E-state index contributed by atoms with van der Waals surface area (Å²) in [7, 11) is 0. The minimum Gasteiger partial charge on any atom is -0.441 e. The van der Waals surface area contributed by atoms with Gasteiger partial charge in [-0.2, -0.15) is 0 Å². The summed E-state index contributed by atoms with van der Waals surface area (Å²) >= 11 is 5.99. The van der Waals surface area contributed by atoms with Crippen molar-refractivity contribution in [3.8, 4) is 0 Å². The van der Waals surface area contributed by atoms with Gasteiger partial charge in [0.15, 0.2) is 0 Å². The molecule has 2 aromatic carbocycles. The maximum atomic E-state index is 12.7. The van der Waals surface area contributed by atoms with Crippen molar-refractivity contribution in [2.45, 2.75) is 25.0 Å². The summed E-state index contributed by atoms with van der Waals surface area (Å²) in [5.74, 6) is -0.0298. The van der Waals surface area contributed by atoms with Gasteiger partial charge < -0.3 is 9.64 Å². The van der Waals surface area contributed by atoms with Crippen LogP contribution in [0.1, 0.15) is 28.8 Å². The van der Waals surface area contributed by atoms with Crippen molar-refractivity contribution < 1.29 is 14.3 Å². The lowest BCUT2D eigenvalue weighted by atomic mass is 9.91. The lowest BCUT2D eigenvalue weighted by Crippen LogP contribution is -2.48. The van der Waals surface area contributed by atoms with Crippen LogP contribution in [-0.2, 0) is 11.3 Å². The van der Waals surface area contributed by atoms with Crippen LogP contribution < -0.4 is 0 Å². The number of nitrogens with zero attached hydrogens (tertiary/aromatic N) is 2. The second-order valence-corrected chi connectivity index (χ2v) is 7.63. The predicted molar refractivity (Wildman–Crippen MR) is 103 cm³/mol. The van der Waals surface area contributed by atoms with Crippen LogP contribution in [0.25, 0.3) is 0 Å². The highest BCUT2D eigenvalue weighted by Crippen LogP contribution is 2.34. The fourth-order valence-corrected chi connectivity index (χ4v) is 3.99. The van der Waals surface area contributed by atoms with Gasteiger partial charge in [-0.25, -0.2) is 4.79 Å². The monoisotopic (exact) mass is 384 g/mol. The van der Waals surface area contributed by atoms with Crippen molar-refractivity contribution in [3.63, 3.8) is 0 Å². The van der Waals surface area contributed by atoms with E-state index >= 15 is 0 Å². The third-order valence-electron chi connectivity index (χ3n) is 5.29. The maximum Gasteiger partial charge on any atom is 0.410 e. The SMILES string of the molecule is O=C1OC2(CCN(C(=O)c3cccc(Cl)c3)CC2)CN1Cc1ccccc1. The number of rotatable bonds is 3. The summed E-state index contributed by atoms with van der Waals surface area (Å²) in [5.41, 5.74) is 1.18. The van der Waals surface area contributed by atoms with Crippen molar-refractivity contribution in [2.24, 2.45) is 0 Å². The van der Waals surface area contributed by atoms with E-state index in [2.05, 4.69) is 0 Å². The first kappa shape index (κ1) is 17.9. The molecule has 2 amide bonds. The highest BCUT2D eigenvalue weighted by Gasteiger charge is 2.47. The molecule has 0 N–H and O–H groups in total. The lowest BCUT2D eigenvalue weighted by molar-refractivity contribution is 0.00313. The minimum atomic E-state index is -0.489. The Morgan fingerprint density at radius 1 is 1.07 bits per heavy atom. The van der Waals surface area contributed by atoms with Gasteiger partial charge in [-0.15, -0.1) is 0 Å². The molecule has 6 heteroatoms. The highest BCUT2D eigenvalue weighted by molar-refractivity contribution is 6.30. The summed E-state index contributed by atoms with van der Waals surface area (Å²) in [5, 5.41) is 0.551. The third kappa shape index (κ3) is 3.78. The molecule has 4 rings (SSSR count). The van der Waals surface area contributed by atoms with Crippen molar-refractivity contribution in [2.75, 3.05) is 19.6 Å². The summed E-state index contributed by atoms with van der Waals surface area (Å²) in [4.78, 5) is 28.6. The van der Waals surface area contributed by atoms with E-state index in [-0.39, 0.29) is 12.0 Å². The van der Waals surface area contributed by atoms with E-state index in [1.54, 1.807) is 29.2 Å². The summed E-state index contributed by atoms with van der Waals surface area (Å²) in [6.07, 6.45) is 1.03. The Bertz CT molecular complexity index is 848. The van der Waals surface area contributed by atoms with Crippen LogP contribution in [0.4, 0.5) is 4.79 Å². The number of carbonyl (C=O) groups excluding carboxylic acids is 2. The van der Waals surface area contributed by atoms with Crippen LogP contribution >= 0.6 is 11.6 Å². The zero-order valence-corrected chi connectivity index (χ0v) is 15.7. The fourth-order valence-electron chi connectivity index (χ4n) is 3.80. The predicted octanol–water partition coefficient (Wildman–Crippen LogP) is 3.97. The second kappa shape index (κ2) is 7.24. The van der Waals surface area contributed by atoms with E-state index in [9.17, 15) is 9.59 Å². The molecule has 2 fully saturated rings. The van der Waals surface area contributed by atoms with Crippen molar-refractivity contribution in [1.82, 2.24) is 9.80 Å². The minimum absolute atomic E-state index is 0.0298. The number of likely N-dealkylation sites (tertiary alicyclic amines) is 1. The molecule has 2 heterocycles. The average Bonchev–Trinajstić information content (AvgIpc) is 2.97. The van der Waals surface area contributed by atoms with Gasteiger partial charge in [0.1, 0.15) is 5.60 Å². The molecule has 2 saturated heterocycles. The molecule has 5 nitrogen and oxygen atoms in total. The van der Waals surface area contributed by atoms with E-state index in [0.29, 0.717) is 49.6 Å². The highest BCUT2D eigenvalue weighted by atomic mass is 35.5. The van der Waals surface area contributed by atoms with Crippen molar-refractivity contribution in [3.05, 3.63) is 70.7 Å². The molecule has 2 aliphatic heterocycles. The molecular formula is C21H21ClN2O3. The number of hydrogen-bond acceptors (Lipinski definition) is 3. The van der Waals surface area contributed by atoms with Gasteiger partial charge in [0.25, 0.3) is 5.91 Å². The topological polar surface area (TPSA) is 49.9 Å². The van der Waals surface area contributed by atoms with E-state index < -0.39 is 5.60 Å². The smallest absolute Gasteiger partial charge is 0.410 e. The molecule has 0 saturated carbocycles. The Morgan fingerprint density at radius 3 is 2.52 bits per heavy atom. The fraction of sp³-hybridized carbons (Fsp3) is 0.333. The molecule has 140 valence electrons. The van der Waals surface area contributed by atoms with E-state index in [1.165, 1.54) is 0 Å². The van der Waals surface area contributed by atoms with E-state index in [4.69, 9.17) is 16.3 Å². The summed E-state index contributed by atoms with van der Waals surface area (Å²) in [6.45, 7) is 2.25. The van der Waals surface area contributed by atoms with Gasteiger partial charge >= 0.3 is 6.09 Å². The van der Waals surface area contributed by atoms with E-state index in [0.717, 1.165) is 5.56 Å².